The van der Waals surface area contributed by atoms with Crippen LogP contribution < -0.4 is 5.56 Å². The summed E-state index contributed by atoms with van der Waals surface area (Å²) in [6.45, 7) is 4.85. The van der Waals surface area contributed by atoms with Gasteiger partial charge in [0.05, 0.1) is 16.7 Å². The lowest BCUT2D eigenvalue weighted by Gasteiger charge is -2.12. The fourth-order valence-electron chi connectivity index (χ4n) is 2.77. The molecule has 0 aliphatic rings. The number of fused-ring (bicyclic) bond motifs is 1. The van der Waals surface area contributed by atoms with Gasteiger partial charge in [-0.3, -0.25) is 9.36 Å². The molecule has 0 fully saturated rings. The molecule has 0 N–H and O–H groups in total. The van der Waals surface area contributed by atoms with Crippen LogP contribution in [0.4, 0.5) is 0 Å². The Kier molecular flexibility index (Phi) is 6.44. The van der Waals surface area contributed by atoms with E-state index in [1.807, 2.05) is 31.2 Å². The molecule has 0 saturated heterocycles. The smallest absolute Gasteiger partial charge is 0.262 e. The second-order valence-corrected chi connectivity index (χ2v) is 7.12. The monoisotopic (exact) mass is 372 g/mol. The fourth-order valence-corrected chi connectivity index (χ4v) is 3.63. The van der Waals surface area contributed by atoms with Gasteiger partial charge in [-0.2, -0.15) is 4.98 Å². The van der Waals surface area contributed by atoms with Crippen LogP contribution in [0.3, 0.4) is 0 Å². The molecule has 26 heavy (non-hydrogen) atoms. The minimum absolute atomic E-state index is 0.0226. The highest BCUT2D eigenvalue weighted by Crippen LogP contribution is 2.22. The van der Waals surface area contributed by atoms with E-state index in [4.69, 9.17) is 9.51 Å². The normalized spacial score (nSPS) is 11.3. The molecule has 7 heteroatoms. The molecule has 0 amide bonds. The lowest BCUT2D eigenvalue weighted by atomic mass is 10.2. The summed E-state index contributed by atoms with van der Waals surface area (Å²) in [4.78, 5) is 22.0. The Hall–Kier alpha value is -2.15. The van der Waals surface area contributed by atoms with Crippen molar-refractivity contribution >= 4 is 22.7 Å². The van der Waals surface area contributed by atoms with Crippen molar-refractivity contribution in [1.82, 2.24) is 19.7 Å². The SMILES string of the molecule is CCCCCCn1c(SCc2nc(CC)no2)nc2ccccc2c1=O. The molecule has 138 valence electrons. The van der Waals surface area contributed by atoms with Crippen LogP contribution in [0.25, 0.3) is 10.9 Å². The maximum absolute atomic E-state index is 12.9. The number of hydrogen-bond acceptors (Lipinski definition) is 6. The Labute approximate surface area is 157 Å². The third kappa shape index (κ3) is 4.33. The van der Waals surface area contributed by atoms with Gasteiger partial charge in [0.1, 0.15) is 0 Å². The van der Waals surface area contributed by atoms with E-state index >= 15 is 0 Å². The maximum Gasteiger partial charge on any atom is 0.262 e. The lowest BCUT2D eigenvalue weighted by molar-refractivity contribution is 0.385. The quantitative estimate of drug-likeness (QED) is 0.318. The van der Waals surface area contributed by atoms with Gasteiger partial charge in [0.25, 0.3) is 5.56 Å². The summed E-state index contributed by atoms with van der Waals surface area (Å²) < 4.78 is 7.04. The maximum atomic E-state index is 12.9. The number of benzene rings is 1. The zero-order valence-corrected chi connectivity index (χ0v) is 16.1. The van der Waals surface area contributed by atoms with Crippen LogP contribution in [-0.4, -0.2) is 19.7 Å². The van der Waals surface area contributed by atoms with Crippen molar-refractivity contribution in [2.45, 2.75) is 63.4 Å². The number of rotatable bonds is 9. The molecular formula is C19H24N4O2S. The predicted octanol–water partition coefficient (Wildman–Crippen LogP) is 4.21. The molecule has 2 heterocycles. The molecule has 0 atom stereocenters. The van der Waals surface area contributed by atoms with Gasteiger partial charge >= 0.3 is 0 Å². The van der Waals surface area contributed by atoms with Gasteiger partial charge in [0.15, 0.2) is 11.0 Å². The predicted molar refractivity (Wildman–Crippen MR) is 103 cm³/mol. The molecular weight excluding hydrogens is 348 g/mol. The second kappa shape index (κ2) is 8.98. The van der Waals surface area contributed by atoms with Crippen molar-refractivity contribution in [3.05, 3.63) is 46.3 Å². The van der Waals surface area contributed by atoms with Gasteiger partial charge in [-0.15, -0.1) is 0 Å². The molecule has 0 unspecified atom stereocenters. The number of thioether (sulfide) groups is 1. The van der Waals surface area contributed by atoms with E-state index in [2.05, 4.69) is 17.1 Å². The molecule has 6 nitrogen and oxygen atoms in total. The van der Waals surface area contributed by atoms with E-state index in [0.717, 1.165) is 24.8 Å². The van der Waals surface area contributed by atoms with Gasteiger partial charge in [0, 0.05) is 13.0 Å². The minimum Gasteiger partial charge on any atom is -0.338 e. The first-order chi connectivity index (χ1) is 12.7. The Bertz CT molecular complexity index is 919. The standard InChI is InChI=1S/C19H24N4O2S/c1-3-5-6-9-12-23-18(24)14-10-7-8-11-15(14)20-19(23)26-13-17-21-16(4-2)22-25-17/h7-8,10-11H,3-6,9,12-13H2,1-2H3. The number of aromatic nitrogens is 4. The molecule has 3 rings (SSSR count). The summed E-state index contributed by atoms with van der Waals surface area (Å²) in [5, 5.41) is 5.29. The number of nitrogens with zero attached hydrogens (tertiary/aromatic N) is 4. The first kappa shape index (κ1) is 18.6. The molecule has 0 bridgehead atoms. The van der Waals surface area contributed by atoms with Crippen molar-refractivity contribution in [2.24, 2.45) is 0 Å². The van der Waals surface area contributed by atoms with E-state index in [1.54, 1.807) is 4.57 Å². The highest BCUT2D eigenvalue weighted by molar-refractivity contribution is 7.98. The molecule has 0 aliphatic heterocycles. The van der Waals surface area contributed by atoms with Crippen molar-refractivity contribution in [3.63, 3.8) is 0 Å². The average molecular weight is 372 g/mol. The van der Waals surface area contributed by atoms with Crippen LogP contribution >= 0.6 is 11.8 Å². The Morgan fingerprint density at radius 3 is 2.73 bits per heavy atom. The van der Waals surface area contributed by atoms with Gasteiger partial charge in [-0.25, -0.2) is 4.98 Å². The summed E-state index contributed by atoms with van der Waals surface area (Å²) in [5.74, 6) is 1.77. The second-order valence-electron chi connectivity index (χ2n) is 6.18. The van der Waals surface area contributed by atoms with Crippen molar-refractivity contribution in [1.29, 1.82) is 0 Å². The molecule has 2 aromatic heterocycles. The molecule has 1 aromatic carbocycles. The fraction of sp³-hybridized carbons (Fsp3) is 0.474. The van der Waals surface area contributed by atoms with Gasteiger partial charge in [-0.05, 0) is 18.6 Å². The number of aryl methyl sites for hydroxylation is 1. The Morgan fingerprint density at radius 2 is 1.96 bits per heavy atom. The number of unbranched alkanes of at least 4 members (excludes halogenated alkanes) is 3. The van der Waals surface area contributed by atoms with Crippen LogP contribution in [0.5, 0.6) is 0 Å². The summed E-state index contributed by atoms with van der Waals surface area (Å²) in [7, 11) is 0. The van der Waals surface area contributed by atoms with Crippen LogP contribution in [-0.2, 0) is 18.7 Å². The molecule has 0 aliphatic carbocycles. The first-order valence-electron chi connectivity index (χ1n) is 9.16. The van der Waals surface area contributed by atoms with E-state index in [0.29, 0.717) is 34.6 Å². The van der Waals surface area contributed by atoms with Crippen LogP contribution in [0.2, 0.25) is 0 Å². The summed E-state index contributed by atoms with van der Waals surface area (Å²) >= 11 is 1.47. The molecule has 0 spiro atoms. The highest BCUT2D eigenvalue weighted by Gasteiger charge is 2.13. The zero-order chi connectivity index (χ0) is 18.4. The van der Waals surface area contributed by atoms with Gasteiger partial charge < -0.3 is 4.52 Å². The summed E-state index contributed by atoms with van der Waals surface area (Å²) in [6.07, 6.45) is 5.18. The summed E-state index contributed by atoms with van der Waals surface area (Å²) in [5.41, 5.74) is 0.749. The zero-order valence-electron chi connectivity index (χ0n) is 15.3. The average Bonchev–Trinajstić information content (AvgIpc) is 3.13. The van der Waals surface area contributed by atoms with Crippen molar-refractivity contribution in [2.75, 3.05) is 0 Å². The lowest BCUT2D eigenvalue weighted by Crippen LogP contribution is -2.23. The first-order valence-corrected chi connectivity index (χ1v) is 10.1. The van der Waals surface area contributed by atoms with Gasteiger partial charge in [0.2, 0.25) is 5.89 Å². The number of para-hydroxylation sites is 1. The minimum atomic E-state index is 0.0226. The summed E-state index contributed by atoms with van der Waals surface area (Å²) in [6, 6.07) is 7.50. The van der Waals surface area contributed by atoms with E-state index < -0.39 is 0 Å². The van der Waals surface area contributed by atoms with Crippen LogP contribution in [0, 0.1) is 0 Å². The third-order valence-electron chi connectivity index (χ3n) is 4.21. The molecule has 3 aromatic rings. The Morgan fingerprint density at radius 1 is 1.12 bits per heavy atom. The van der Waals surface area contributed by atoms with Crippen LogP contribution in [0.15, 0.2) is 38.7 Å². The molecule has 0 saturated carbocycles. The number of hydrogen-bond donors (Lipinski definition) is 0. The Balaban J connectivity index is 1.86. The van der Waals surface area contributed by atoms with E-state index in [9.17, 15) is 4.79 Å². The molecule has 0 radical (unpaired) electrons. The highest BCUT2D eigenvalue weighted by atomic mass is 32.2. The van der Waals surface area contributed by atoms with Crippen molar-refractivity contribution in [3.8, 4) is 0 Å². The van der Waals surface area contributed by atoms with Crippen LogP contribution in [0.1, 0.15) is 51.2 Å². The largest absolute Gasteiger partial charge is 0.338 e. The van der Waals surface area contributed by atoms with E-state index in [1.165, 1.54) is 24.6 Å². The topological polar surface area (TPSA) is 73.8 Å². The third-order valence-corrected chi connectivity index (χ3v) is 5.17. The van der Waals surface area contributed by atoms with Gasteiger partial charge in [-0.1, -0.05) is 62.2 Å². The van der Waals surface area contributed by atoms with E-state index in [-0.39, 0.29) is 5.56 Å². The van der Waals surface area contributed by atoms with Crippen molar-refractivity contribution < 1.29 is 4.52 Å².